The van der Waals surface area contributed by atoms with E-state index in [0.29, 0.717) is 6.61 Å². The van der Waals surface area contributed by atoms with Crippen LogP contribution >= 0.6 is 0 Å². The molecule has 3 heteroatoms. The maximum absolute atomic E-state index is 5.59. The Labute approximate surface area is 84.7 Å². The zero-order chi connectivity index (χ0) is 9.97. The lowest BCUT2D eigenvalue weighted by atomic mass is 10.2. The third-order valence-corrected chi connectivity index (χ3v) is 2.44. The summed E-state index contributed by atoms with van der Waals surface area (Å²) in [5, 5.41) is 3.37. The first-order chi connectivity index (χ1) is 6.83. The number of hydrogen-bond acceptors (Lipinski definition) is 3. The lowest BCUT2D eigenvalue weighted by Crippen LogP contribution is -2.30. The normalized spacial score (nSPS) is 14.6. The van der Waals surface area contributed by atoms with Crippen molar-refractivity contribution in [3.63, 3.8) is 0 Å². The second kappa shape index (κ2) is 3.78. The van der Waals surface area contributed by atoms with Crippen LogP contribution in [0.3, 0.4) is 0 Å². The Kier molecular flexibility index (Phi) is 2.48. The highest BCUT2D eigenvalue weighted by molar-refractivity contribution is 5.78. The molecule has 1 aromatic carbocycles. The molecule has 0 spiro atoms. The number of anilines is 2. The Morgan fingerprint density at radius 3 is 3.14 bits per heavy atom. The van der Waals surface area contributed by atoms with Gasteiger partial charge in [0, 0.05) is 20.1 Å². The van der Waals surface area contributed by atoms with Gasteiger partial charge >= 0.3 is 0 Å². The van der Waals surface area contributed by atoms with E-state index in [1.807, 2.05) is 19.1 Å². The summed E-state index contributed by atoms with van der Waals surface area (Å²) in [6, 6.07) is 6.13. The number of para-hydroxylation sites is 1. The molecule has 0 saturated heterocycles. The fourth-order valence-corrected chi connectivity index (χ4v) is 1.80. The van der Waals surface area contributed by atoms with Gasteiger partial charge in [0.15, 0.2) is 0 Å². The number of benzene rings is 1. The first kappa shape index (κ1) is 9.19. The van der Waals surface area contributed by atoms with Crippen LogP contribution < -0.4 is 15.0 Å². The maximum atomic E-state index is 5.59. The van der Waals surface area contributed by atoms with Gasteiger partial charge in [-0.2, -0.15) is 0 Å². The number of nitrogens with one attached hydrogen (secondary N) is 1. The summed E-state index contributed by atoms with van der Waals surface area (Å²) in [7, 11) is 2.10. The van der Waals surface area contributed by atoms with Gasteiger partial charge in [-0.1, -0.05) is 6.07 Å². The molecule has 76 valence electrons. The van der Waals surface area contributed by atoms with Gasteiger partial charge in [0.1, 0.15) is 11.4 Å². The summed E-state index contributed by atoms with van der Waals surface area (Å²) in [5.41, 5.74) is 2.35. The monoisotopic (exact) mass is 192 g/mol. The van der Waals surface area contributed by atoms with Crippen molar-refractivity contribution in [1.29, 1.82) is 0 Å². The van der Waals surface area contributed by atoms with Crippen molar-refractivity contribution in [3.05, 3.63) is 18.2 Å². The minimum absolute atomic E-state index is 0.713. The van der Waals surface area contributed by atoms with Crippen molar-refractivity contribution in [3.8, 4) is 5.75 Å². The minimum Gasteiger partial charge on any atom is -0.492 e. The predicted molar refractivity (Wildman–Crippen MR) is 59.4 cm³/mol. The molecule has 0 fully saturated rings. The molecule has 0 radical (unpaired) electrons. The van der Waals surface area contributed by atoms with Crippen LogP contribution in [-0.4, -0.2) is 26.7 Å². The zero-order valence-electron chi connectivity index (χ0n) is 8.71. The van der Waals surface area contributed by atoms with E-state index in [4.69, 9.17) is 4.74 Å². The summed E-state index contributed by atoms with van der Waals surface area (Å²) in [6.07, 6.45) is 0. The summed E-state index contributed by atoms with van der Waals surface area (Å²) < 4.78 is 5.59. The Morgan fingerprint density at radius 1 is 1.50 bits per heavy atom. The zero-order valence-corrected chi connectivity index (χ0v) is 8.71. The predicted octanol–water partition coefficient (Wildman–Crippen LogP) is 1.95. The van der Waals surface area contributed by atoms with Crippen LogP contribution in [0.4, 0.5) is 11.4 Å². The van der Waals surface area contributed by atoms with Crippen molar-refractivity contribution < 1.29 is 4.74 Å². The largest absolute Gasteiger partial charge is 0.492 e. The fourth-order valence-electron chi connectivity index (χ4n) is 1.80. The topological polar surface area (TPSA) is 24.5 Å². The van der Waals surface area contributed by atoms with E-state index in [-0.39, 0.29) is 0 Å². The molecule has 1 aliphatic heterocycles. The average molecular weight is 192 g/mol. The summed E-state index contributed by atoms with van der Waals surface area (Å²) >= 11 is 0. The Hall–Kier alpha value is -1.38. The van der Waals surface area contributed by atoms with E-state index in [1.165, 1.54) is 11.4 Å². The molecule has 3 nitrogen and oxygen atoms in total. The van der Waals surface area contributed by atoms with E-state index in [1.54, 1.807) is 0 Å². The van der Waals surface area contributed by atoms with Crippen molar-refractivity contribution in [2.45, 2.75) is 6.92 Å². The highest BCUT2D eigenvalue weighted by atomic mass is 16.5. The minimum atomic E-state index is 0.713. The first-order valence-electron chi connectivity index (χ1n) is 5.03. The first-order valence-corrected chi connectivity index (χ1v) is 5.03. The van der Waals surface area contributed by atoms with Gasteiger partial charge in [-0.3, -0.25) is 0 Å². The van der Waals surface area contributed by atoms with Gasteiger partial charge in [-0.05, 0) is 19.1 Å². The Balaban J connectivity index is 2.41. The van der Waals surface area contributed by atoms with E-state index in [0.717, 1.165) is 18.8 Å². The molecule has 0 atom stereocenters. The van der Waals surface area contributed by atoms with Gasteiger partial charge in [-0.25, -0.2) is 0 Å². The van der Waals surface area contributed by atoms with Crippen LogP contribution in [0.1, 0.15) is 6.92 Å². The van der Waals surface area contributed by atoms with Gasteiger partial charge in [-0.15, -0.1) is 0 Å². The van der Waals surface area contributed by atoms with Crippen molar-refractivity contribution in [2.24, 2.45) is 0 Å². The van der Waals surface area contributed by atoms with Crippen LogP contribution in [0, 0.1) is 0 Å². The van der Waals surface area contributed by atoms with Crippen LogP contribution in [0.2, 0.25) is 0 Å². The summed E-state index contributed by atoms with van der Waals surface area (Å²) in [5.74, 6) is 0.972. The smallest absolute Gasteiger partial charge is 0.144 e. The van der Waals surface area contributed by atoms with Crippen molar-refractivity contribution >= 4 is 11.4 Å². The highest BCUT2D eigenvalue weighted by Gasteiger charge is 2.17. The third kappa shape index (κ3) is 1.50. The molecule has 0 bridgehead atoms. The molecular formula is C11H16N2O. The number of rotatable bonds is 2. The average Bonchev–Trinajstić information content (AvgIpc) is 2.19. The molecule has 2 rings (SSSR count). The van der Waals surface area contributed by atoms with Gasteiger partial charge in [0.25, 0.3) is 0 Å². The van der Waals surface area contributed by atoms with Crippen LogP contribution in [0.15, 0.2) is 18.2 Å². The molecule has 14 heavy (non-hydrogen) atoms. The Morgan fingerprint density at radius 2 is 2.36 bits per heavy atom. The standard InChI is InChI=1S/C11H16N2O/c1-3-14-10-6-4-5-9-11(10)13(2)8-7-12-9/h4-6,12H,3,7-8H2,1-2H3. The molecule has 0 amide bonds. The summed E-state index contributed by atoms with van der Waals surface area (Å²) in [4.78, 5) is 2.23. The number of fused-ring (bicyclic) bond motifs is 1. The molecule has 0 aliphatic carbocycles. The van der Waals surface area contributed by atoms with Crippen LogP contribution in [-0.2, 0) is 0 Å². The highest BCUT2D eigenvalue weighted by Crippen LogP contribution is 2.37. The fraction of sp³-hybridized carbons (Fsp3) is 0.455. The molecule has 1 aliphatic rings. The second-order valence-corrected chi connectivity index (χ2v) is 3.43. The van der Waals surface area contributed by atoms with E-state index < -0.39 is 0 Å². The van der Waals surface area contributed by atoms with Gasteiger partial charge < -0.3 is 15.0 Å². The lowest BCUT2D eigenvalue weighted by molar-refractivity contribution is 0.340. The SMILES string of the molecule is CCOc1cccc2c1N(C)CCN2. The van der Waals surface area contributed by atoms with Crippen molar-refractivity contribution in [1.82, 2.24) is 0 Å². The molecule has 0 saturated carbocycles. The number of likely N-dealkylation sites (N-methyl/N-ethyl adjacent to an activating group) is 1. The quantitative estimate of drug-likeness (QED) is 0.775. The molecule has 1 aromatic rings. The second-order valence-electron chi connectivity index (χ2n) is 3.43. The molecule has 0 unspecified atom stereocenters. The van der Waals surface area contributed by atoms with E-state index in [2.05, 4.69) is 23.3 Å². The van der Waals surface area contributed by atoms with Crippen molar-refractivity contribution in [2.75, 3.05) is 37.0 Å². The third-order valence-electron chi connectivity index (χ3n) is 2.44. The van der Waals surface area contributed by atoms with E-state index >= 15 is 0 Å². The number of ether oxygens (including phenoxy) is 1. The van der Waals surface area contributed by atoms with Crippen LogP contribution in [0.5, 0.6) is 5.75 Å². The Bertz CT molecular complexity index is 325. The molecule has 1 N–H and O–H groups in total. The van der Waals surface area contributed by atoms with Gasteiger partial charge in [0.05, 0.1) is 12.3 Å². The summed E-state index contributed by atoms with van der Waals surface area (Å²) in [6.45, 7) is 4.75. The molecule has 1 heterocycles. The lowest BCUT2D eigenvalue weighted by Gasteiger charge is -2.30. The number of hydrogen-bond donors (Lipinski definition) is 1. The van der Waals surface area contributed by atoms with E-state index in [9.17, 15) is 0 Å². The maximum Gasteiger partial charge on any atom is 0.144 e. The number of nitrogens with zero attached hydrogens (tertiary/aromatic N) is 1. The molecule has 0 aromatic heterocycles. The van der Waals surface area contributed by atoms with Crippen LogP contribution in [0.25, 0.3) is 0 Å². The molecular weight excluding hydrogens is 176 g/mol. The van der Waals surface area contributed by atoms with Gasteiger partial charge in [0.2, 0.25) is 0 Å².